The van der Waals surface area contributed by atoms with Crippen molar-refractivity contribution in [1.29, 1.82) is 0 Å². The van der Waals surface area contributed by atoms with Gasteiger partial charge in [-0.3, -0.25) is 9.11 Å². The molecule has 0 aromatic carbocycles. The first-order valence-electron chi connectivity index (χ1n) is 4.53. The van der Waals surface area contributed by atoms with Gasteiger partial charge in [0.25, 0.3) is 0 Å². The molecule has 0 aliphatic rings. The summed E-state index contributed by atoms with van der Waals surface area (Å²) in [5.41, 5.74) is 0. The van der Waals surface area contributed by atoms with Crippen molar-refractivity contribution in [3.63, 3.8) is 0 Å². The number of halogens is 6. The van der Waals surface area contributed by atoms with Crippen LogP contribution in [0.15, 0.2) is 0 Å². The molecule has 0 fully saturated rings. The molecule has 0 amide bonds. The Kier molecular flexibility index (Phi) is 11.3. The second-order valence-electron chi connectivity index (χ2n) is 3.12. The molecule has 0 spiro atoms. The summed E-state index contributed by atoms with van der Waals surface area (Å²) in [5.74, 6) is 0. The van der Waals surface area contributed by atoms with Gasteiger partial charge in [-0.15, -0.1) is 0 Å². The van der Waals surface area contributed by atoms with Crippen molar-refractivity contribution in [2.24, 2.45) is 0 Å². The summed E-state index contributed by atoms with van der Waals surface area (Å²) in [4.78, 5) is 0. The fourth-order valence-corrected chi connectivity index (χ4v) is 0.414. The van der Waals surface area contributed by atoms with Gasteiger partial charge in [0, 0.05) is 0 Å². The van der Waals surface area contributed by atoms with Gasteiger partial charge in [0.1, 0.15) is 6.29 Å². The summed E-state index contributed by atoms with van der Waals surface area (Å²) in [6.45, 7) is -3.54. The molecule has 0 rings (SSSR count). The Hall–Kier alpha value is -0.680. The topological polar surface area (TPSA) is 149 Å². The normalized spacial score (nSPS) is 12.9. The lowest BCUT2D eigenvalue weighted by Gasteiger charge is -2.05. The van der Waals surface area contributed by atoms with Crippen LogP contribution >= 0.6 is 0 Å². The SMILES string of the molecule is CC(O)O.O=S(=O)(O)C(F)(F)CF.O=S(=O)(O)C(F)(F)CF. The molecule has 8 nitrogen and oxygen atoms in total. The lowest BCUT2D eigenvalue weighted by atomic mass is 10.8. The second kappa shape index (κ2) is 9.46. The van der Waals surface area contributed by atoms with Gasteiger partial charge < -0.3 is 10.2 Å². The van der Waals surface area contributed by atoms with Crippen molar-refractivity contribution in [2.75, 3.05) is 13.3 Å². The number of aliphatic hydroxyl groups is 2. The van der Waals surface area contributed by atoms with Crippen molar-refractivity contribution in [1.82, 2.24) is 0 Å². The van der Waals surface area contributed by atoms with Crippen LogP contribution < -0.4 is 0 Å². The first kappa shape index (κ1) is 26.2. The second-order valence-corrected chi connectivity index (χ2v) is 6.22. The quantitative estimate of drug-likeness (QED) is 0.302. The van der Waals surface area contributed by atoms with Gasteiger partial charge in [0.2, 0.25) is 0 Å². The van der Waals surface area contributed by atoms with E-state index in [1.165, 1.54) is 6.92 Å². The molecule has 0 saturated carbocycles. The molecular formula is C6H12F6O8S2. The van der Waals surface area contributed by atoms with Gasteiger partial charge in [0.05, 0.1) is 0 Å². The molecule has 0 radical (unpaired) electrons. The highest BCUT2D eigenvalue weighted by atomic mass is 32.2. The van der Waals surface area contributed by atoms with Gasteiger partial charge in [-0.2, -0.15) is 34.4 Å². The summed E-state index contributed by atoms with van der Waals surface area (Å²) < 4.78 is 121. The minimum Gasteiger partial charge on any atom is -0.368 e. The molecule has 22 heavy (non-hydrogen) atoms. The standard InChI is InChI=1S/2C2H3F3O3S.C2H6O2/c2*3-1-2(4,5)9(6,7)8;1-2(3)4/h2*1H2,(H,6,7,8);2-4H,1H3. The van der Waals surface area contributed by atoms with E-state index < -0.39 is 50.4 Å². The lowest BCUT2D eigenvalue weighted by Crippen LogP contribution is -2.30. The minimum atomic E-state index is -5.56. The van der Waals surface area contributed by atoms with Crippen LogP contribution in [0.4, 0.5) is 26.3 Å². The molecule has 0 aliphatic heterocycles. The van der Waals surface area contributed by atoms with E-state index in [4.69, 9.17) is 19.3 Å². The van der Waals surface area contributed by atoms with E-state index in [0.29, 0.717) is 0 Å². The van der Waals surface area contributed by atoms with E-state index in [1.54, 1.807) is 0 Å². The molecule has 0 unspecified atom stereocenters. The predicted molar refractivity (Wildman–Crippen MR) is 58.8 cm³/mol. The van der Waals surface area contributed by atoms with E-state index in [0.717, 1.165) is 0 Å². The Balaban J connectivity index is -0.000000266. The Morgan fingerprint density at radius 3 is 0.955 bits per heavy atom. The monoisotopic (exact) mass is 390 g/mol. The molecule has 0 saturated heterocycles. The first-order chi connectivity index (χ1) is 9.35. The molecule has 16 heteroatoms. The minimum absolute atomic E-state index is 1.17. The van der Waals surface area contributed by atoms with Gasteiger partial charge in [-0.05, 0) is 6.92 Å². The fourth-order valence-electron chi connectivity index (χ4n) is 0.138. The maximum atomic E-state index is 11.4. The van der Waals surface area contributed by atoms with Crippen molar-refractivity contribution in [2.45, 2.75) is 23.7 Å². The van der Waals surface area contributed by atoms with E-state index in [9.17, 15) is 43.2 Å². The van der Waals surface area contributed by atoms with Crippen molar-refractivity contribution < 1.29 is 62.5 Å². The van der Waals surface area contributed by atoms with Crippen LogP contribution in [0.25, 0.3) is 0 Å². The summed E-state index contributed by atoms with van der Waals surface area (Å²) in [7, 11) is -11.1. The number of aliphatic hydroxyl groups excluding tert-OH is 1. The highest BCUT2D eigenvalue weighted by Gasteiger charge is 2.44. The molecule has 0 atom stereocenters. The van der Waals surface area contributed by atoms with Gasteiger partial charge >= 0.3 is 30.7 Å². The number of hydrogen-bond acceptors (Lipinski definition) is 6. The molecule has 4 N–H and O–H groups in total. The molecule has 138 valence electrons. The largest absolute Gasteiger partial charge is 0.397 e. The van der Waals surface area contributed by atoms with Crippen LogP contribution in [0.1, 0.15) is 6.92 Å². The van der Waals surface area contributed by atoms with Crippen molar-refractivity contribution >= 4 is 20.2 Å². The first-order valence-corrected chi connectivity index (χ1v) is 7.41. The lowest BCUT2D eigenvalue weighted by molar-refractivity contribution is -0.0228. The zero-order valence-electron chi connectivity index (χ0n) is 10.5. The highest BCUT2D eigenvalue weighted by molar-refractivity contribution is 7.87. The Bertz CT molecular complexity index is 454. The Labute approximate surface area is 120 Å². The zero-order valence-corrected chi connectivity index (χ0v) is 12.1. The predicted octanol–water partition coefficient (Wildman–Crippen LogP) is 0.190. The van der Waals surface area contributed by atoms with Crippen molar-refractivity contribution in [3.05, 3.63) is 0 Å². The van der Waals surface area contributed by atoms with E-state index in [2.05, 4.69) is 0 Å². The van der Waals surface area contributed by atoms with Crippen LogP contribution in [0.5, 0.6) is 0 Å². The molecular weight excluding hydrogens is 378 g/mol. The maximum Gasteiger partial charge on any atom is 0.397 e. The van der Waals surface area contributed by atoms with Gasteiger partial charge in [0.15, 0.2) is 13.3 Å². The van der Waals surface area contributed by atoms with Gasteiger partial charge in [-0.25, -0.2) is 8.78 Å². The summed E-state index contributed by atoms with van der Waals surface area (Å²) in [5, 5.41) is 5.90. The summed E-state index contributed by atoms with van der Waals surface area (Å²) in [6, 6.07) is 0. The van der Waals surface area contributed by atoms with Crippen LogP contribution in [0, 0.1) is 0 Å². The van der Waals surface area contributed by atoms with Crippen LogP contribution in [0.2, 0.25) is 0 Å². The summed E-state index contributed by atoms with van der Waals surface area (Å²) in [6.07, 6.45) is -1.17. The van der Waals surface area contributed by atoms with Gasteiger partial charge in [-0.1, -0.05) is 0 Å². The average Bonchev–Trinajstić information content (AvgIpc) is 2.26. The van der Waals surface area contributed by atoms with Crippen molar-refractivity contribution in [3.8, 4) is 0 Å². The third-order valence-corrected chi connectivity index (χ3v) is 2.79. The smallest absolute Gasteiger partial charge is 0.368 e. The summed E-state index contributed by atoms with van der Waals surface area (Å²) >= 11 is 0. The number of hydrogen-bond donors (Lipinski definition) is 4. The molecule has 0 aromatic rings. The molecule has 0 aliphatic carbocycles. The van der Waals surface area contributed by atoms with Crippen LogP contribution in [-0.4, -0.2) is 66.3 Å². The molecule has 0 bridgehead atoms. The van der Waals surface area contributed by atoms with E-state index in [1.807, 2.05) is 0 Å². The number of rotatable bonds is 4. The Morgan fingerprint density at radius 1 is 0.818 bits per heavy atom. The van der Waals surface area contributed by atoms with Crippen LogP contribution in [-0.2, 0) is 20.2 Å². The average molecular weight is 390 g/mol. The Morgan fingerprint density at radius 2 is 0.955 bits per heavy atom. The highest BCUT2D eigenvalue weighted by Crippen LogP contribution is 2.20. The zero-order chi connectivity index (χ0) is 19.0. The maximum absolute atomic E-state index is 11.4. The third-order valence-electron chi connectivity index (χ3n) is 1.07. The van der Waals surface area contributed by atoms with Crippen LogP contribution in [0.3, 0.4) is 0 Å². The van der Waals surface area contributed by atoms with E-state index >= 15 is 0 Å². The third kappa shape index (κ3) is 11.9. The molecule has 0 aromatic heterocycles. The number of alkyl halides is 6. The fraction of sp³-hybridized carbons (Fsp3) is 1.00. The van der Waals surface area contributed by atoms with E-state index in [-0.39, 0.29) is 0 Å². The molecule has 0 heterocycles.